The summed E-state index contributed by atoms with van der Waals surface area (Å²) in [6.07, 6.45) is 5.80. The molecule has 0 aromatic carbocycles. The molecule has 1 fully saturated rings. The van der Waals surface area contributed by atoms with Crippen LogP contribution in [0.4, 0.5) is 5.82 Å². The second kappa shape index (κ2) is 7.53. The van der Waals surface area contributed by atoms with Crippen molar-refractivity contribution < 1.29 is 9.59 Å². The Morgan fingerprint density at radius 2 is 1.82 bits per heavy atom. The highest BCUT2D eigenvalue weighted by Crippen LogP contribution is 2.39. The van der Waals surface area contributed by atoms with Crippen LogP contribution >= 0.6 is 0 Å². The van der Waals surface area contributed by atoms with E-state index in [4.69, 9.17) is 5.84 Å². The number of nitrogens with one attached hydrogen (secondary N) is 2. The average molecular weight is 374 g/mol. The maximum atomic E-state index is 12.5. The number of carbonyl (C=O) groups excluding carboxylic acids is 2. The highest BCUT2D eigenvalue weighted by atomic mass is 16.2. The smallest absolute Gasteiger partial charge is 0.283 e. The van der Waals surface area contributed by atoms with E-state index in [0.29, 0.717) is 5.92 Å². The van der Waals surface area contributed by atoms with Crippen molar-refractivity contribution in [3.63, 3.8) is 0 Å². The van der Waals surface area contributed by atoms with Gasteiger partial charge < -0.3 is 5.32 Å². The summed E-state index contributed by atoms with van der Waals surface area (Å²) >= 11 is 0. The fourth-order valence-electron chi connectivity index (χ4n) is 2.82. The van der Waals surface area contributed by atoms with Crippen LogP contribution in [0.25, 0.3) is 11.1 Å². The molecular weight excluding hydrogens is 356 g/mol. The van der Waals surface area contributed by atoms with Gasteiger partial charge in [0.25, 0.3) is 11.8 Å². The largest absolute Gasteiger partial charge is 0.305 e. The summed E-state index contributed by atoms with van der Waals surface area (Å²) in [4.78, 5) is 36.8. The van der Waals surface area contributed by atoms with Gasteiger partial charge in [-0.1, -0.05) is 12.1 Å². The van der Waals surface area contributed by atoms with Crippen LogP contribution in [0.3, 0.4) is 0 Å². The minimum atomic E-state index is -0.543. The van der Waals surface area contributed by atoms with Crippen molar-refractivity contribution in [1.29, 1.82) is 0 Å². The summed E-state index contributed by atoms with van der Waals surface area (Å²) in [6.45, 7) is 0. The van der Waals surface area contributed by atoms with Crippen LogP contribution in [0.15, 0.2) is 54.9 Å². The van der Waals surface area contributed by atoms with Gasteiger partial charge in [-0.3, -0.25) is 25.0 Å². The number of nitrogens with zero attached hydrogens (tertiary/aromatic N) is 3. The minimum Gasteiger partial charge on any atom is -0.305 e. The van der Waals surface area contributed by atoms with Gasteiger partial charge in [0.15, 0.2) is 0 Å². The van der Waals surface area contributed by atoms with Gasteiger partial charge in [0.05, 0.1) is 0 Å². The molecule has 0 bridgehead atoms. The van der Waals surface area contributed by atoms with E-state index in [9.17, 15) is 9.59 Å². The summed E-state index contributed by atoms with van der Waals surface area (Å²) < 4.78 is 0. The molecule has 8 nitrogen and oxygen atoms in total. The molecular formula is C20H18N6O2. The monoisotopic (exact) mass is 374 g/mol. The van der Waals surface area contributed by atoms with Crippen molar-refractivity contribution in [2.24, 2.45) is 5.84 Å². The molecule has 4 rings (SSSR count). The highest BCUT2D eigenvalue weighted by molar-refractivity contribution is 6.03. The lowest BCUT2D eigenvalue weighted by atomic mass is 10.1. The molecule has 2 amide bonds. The van der Waals surface area contributed by atoms with Crippen LogP contribution in [-0.4, -0.2) is 26.8 Å². The zero-order valence-corrected chi connectivity index (χ0v) is 14.9. The van der Waals surface area contributed by atoms with Gasteiger partial charge in [-0.2, -0.15) is 0 Å². The number of carbonyl (C=O) groups is 2. The second-order valence-corrected chi connectivity index (χ2v) is 6.51. The standard InChI is InChI=1S/C20H18N6O2/c21-26-20(28)16-2-1-3-18(24-16)25-19(27)17-10-13(8-9-22-17)14-6-7-15(23-11-14)12-4-5-12/h1-3,6-12H,4-5,21H2,(H,26,28)(H,24,25,27). The van der Waals surface area contributed by atoms with Crippen LogP contribution in [0.2, 0.25) is 0 Å². The highest BCUT2D eigenvalue weighted by Gasteiger charge is 2.24. The zero-order chi connectivity index (χ0) is 19.5. The molecule has 3 aromatic rings. The number of pyridine rings is 3. The fraction of sp³-hybridized carbons (Fsp3) is 0.150. The Kier molecular flexibility index (Phi) is 4.77. The molecule has 140 valence electrons. The third-order valence-electron chi connectivity index (χ3n) is 4.46. The number of nitrogen functional groups attached to an aromatic ring is 1. The van der Waals surface area contributed by atoms with Gasteiger partial charge in [-0.25, -0.2) is 10.8 Å². The molecule has 0 unspecified atom stereocenters. The molecule has 0 aliphatic heterocycles. The molecule has 3 heterocycles. The lowest BCUT2D eigenvalue weighted by Crippen LogP contribution is -2.30. The van der Waals surface area contributed by atoms with Crippen molar-refractivity contribution in [2.45, 2.75) is 18.8 Å². The lowest BCUT2D eigenvalue weighted by Gasteiger charge is -2.07. The topological polar surface area (TPSA) is 123 Å². The molecule has 0 spiro atoms. The van der Waals surface area contributed by atoms with Crippen LogP contribution in [-0.2, 0) is 0 Å². The summed E-state index contributed by atoms with van der Waals surface area (Å²) in [5, 5.41) is 2.64. The number of rotatable bonds is 5. The normalized spacial score (nSPS) is 13.0. The van der Waals surface area contributed by atoms with E-state index in [0.717, 1.165) is 16.8 Å². The van der Waals surface area contributed by atoms with Gasteiger partial charge in [0.1, 0.15) is 17.2 Å². The van der Waals surface area contributed by atoms with E-state index in [1.54, 1.807) is 24.4 Å². The van der Waals surface area contributed by atoms with Crippen LogP contribution in [0.1, 0.15) is 45.4 Å². The van der Waals surface area contributed by atoms with E-state index < -0.39 is 11.8 Å². The maximum absolute atomic E-state index is 12.5. The third kappa shape index (κ3) is 3.86. The van der Waals surface area contributed by atoms with Gasteiger partial charge in [0.2, 0.25) is 0 Å². The van der Waals surface area contributed by atoms with Crippen LogP contribution in [0, 0.1) is 0 Å². The van der Waals surface area contributed by atoms with Gasteiger partial charge in [-0.15, -0.1) is 0 Å². The lowest BCUT2D eigenvalue weighted by molar-refractivity contribution is 0.0947. The van der Waals surface area contributed by atoms with Crippen molar-refractivity contribution in [2.75, 3.05) is 5.32 Å². The van der Waals surface area contributed by atoms with E-state index in [2.05, 4.69) is 20.3 Å². The fourth-order valence-corrected chi connectivity index (χ4v) is 2.82. The number of hydrazine groups is 1. The van der Waals surface area contributed by atoms with E-state index in [1.807, 2.05) is 29.8 Å². The number of aromatic nitrogens is 3. The van der Waals surface area contributed by atoms with E-state index in [-0.39, 0.29) is 17.2 Å². The number of hydrogen-bond donors (Lipinski definition) is 3. The predicted octanol–water partition coefficient (Wildman–Crippen LogP) is 2.27. The molecule has 0 atom stereocenters. The molecule has 4 N–H and O–H groups in total. The SMILES string of the molecule is NNC(=O)c1cccc(NC(=O)c2cc(-c3ccc(C4CC4)nc3)ccn2)n1. The molecule has 28 heavy (non-hydrogen) atoms. The number of hydrogen-bond acceptors (Lipinski definition) is 6. The Hall–Kier alpha value is -3.65. The Labute approximate surface area is 161 Å². The predicted molar refractivity (Wildman–Crippen MR) is 103 cm³/mol. The number of nitrogens with two attached hydrogens (primary N) is 1. The van der Waals surface area contributed by atoms with Crippen molar-refractivity contribution in [3.8, 4) is 11.1 Å². The number of amides is 2. The molecule has 1 aliphatic carbocycles. The first-order chi connectivity index (χ1) is 13.6. The summed E-state index contributed by atoms with van der Waals surface area (Å²) in [7, 11) is 0. The Bertz CT molecular complexity index is 1030. The first-order valence-electron chi connectivity index (χ1n) is 8.86. The van der Waals surface area contributed by atoms with Gasteiger partial charge in [0, 0.05) is 29.6 Å². The molecule has 0 saturated heterocycles. The summed E-state index contributed by atoms with van der Waals surface area (Å²) in [6, 6.07) is 12.2. The van der Waals surface area contributed by atoms with E-state index >= 15 is 0 Å². The van der Waals surface area contributed by atoms with Crippen LogP contribution in [0.5, 0.6) is 0 Å². The Morgan fingerprint density at radius 1 is 0.964 bits per heavy atom. The molecule has 1 aliphatic rings. The van der Waals surface area contributed by atoms with Crippen molar-refractivity contribution in [1.82, 2.24) is 20.4 Å². The third-order valence-corrected chi connectivity index (χ3v) is 4.46. The van der Waals surface area contributed by atoms with Crippen molar-refractivity contribution in [3.05, 3.63) is 71.9 Å². The minimum absolute atomic E-state index is 0.101. The Balaban J connectivity index is 1.52. The second-order valence-electron chi connectivity index (χ2n) is 6.51. The van der Waals surface area contributed by atoms with Gasteiger partial charge >= 0.3 is 0 Å². The number of anilines is 1. The van der Waals surface area contributed by atoms with Crippen molar-refractivity contribution >= 4 is 17.6 Å². The van der Waals surface area contributed by atoms with E-state index in [1.165, 1.54) is 18.9 Å². The average Bonchev–Trinajstić information content (AvgIpc) is 3.59. The molecule has 0 radical (unpaired) electrons. The first-order valence-corrected chi connectivity index (χ1v) is 8.86. The molecule has 8 heteroatoms. The quantitative estimate of drug-likeness (QED) is 0.358. The first kappa shape index (κ1) is 17.7. The summed E-state index contributed by atoms with van der Waals surface area (Å²) in [5.74, 6) is 4.96. The molecule has 3 aromatic heterocycles. The maximum Gasteiger partial charge on any atom is 0.283 e. The van der Waals surface area contributed by atoms with Gasteiger partial charge in [-0.05, 0) is 48.7 Å². The summed E-state index contributed by atoms with van der Waals surface area (Å²) in [5.41, 5.74) is 5.22. The molecule has 1 saturated carbocycles. The zero-order valence-electron chi connectivity index (χ0n) is 14.9. The Morgan fingerprint density at radius 3 is 2.54 bits per heavy atom. The van der Waals surface area contributed by atoms with Crippen LogP contribution < -0.4 is 16.6 Å².